The highest BCUT2D eigenvalue weighted by molar-refractivity contribution is 5.25. The van der Waals surface area contributed by atoms with E-state index < -0.39 is 0 Å². The first-order chi connectivity index (χ1) is 8.98. The van der Waals surface area contributed by atoms with Gasteiger partial charge in [-0.25, -0.2) is 0 Å². The van der Waals surface area contributed by atoms with E-state index in [1.807, 2.05) is 0 Å². The lowest BCUT2D eigenvalue weighted by molar-refractivity contribution is -0.0134. The van der Waals surface area contributed by atoms with Gasteiger partial charge in [-0.15, -0.1) is 6.58 Å². The Morgan fingerprint density at radius 1 is 1.21 bits per heavy atom. The Bertz CT molecular complexity index is 404. The average molecular weight is 258 g/mol. The lowest BCUT2D eigenvalue weighted by atomic mass is 9.49. The van der Waals surface area contributed by atoms with Crippen molar-refractivity contribution in [2.45, 2.75) is 65.7 Å². The van der Waals surface area contributed by atoms with Crippen molar-refractivity contribution in [1.82, 2.24) is 0 Å². The molecule has 0 aromatic carbocycles. The second kappa shape index (κ2) is 4.50. The predicted molar refractivity (Wildman–Crippen MR) is 83.0 cm³/mol. The topological polar surface area (TPSA) is 0 Å². The first-order valence-electron chi connectivity index (χ1n) is 8.34. The Morgan fingerprint density at radius 2 is 2.00 bits per heavy atom. The van der Waals surface area contributed by atoms with Gasteiger partial charge in [0.05, 0.1) is 0 Å². The van der Waals surface area contributed by atoms with Crippen molar-refractivity contribution in [3.63, 3.8) is 0 Å². The summed E-state index contributed by atoms with van der Waals surface area (Å²) in [6.45, 7) is 11.5. The molecule has 0 amide bonds. The second-order valence-corrected chi connectivity index (χ2v) is 8.04. The molecule has 0 nitrogen and oxygen atoms in total. The van der Waals surface area contributed by atoms with Crippen LogP contribution in [0.15, 0.2) is 24.3 Å². The van der Waals surface area contributed by atoms with Gasteiger partial charge in [0, 0.05) is 5.41 Å². The second-order valence-electron chi connectivity index (χ2n) is 8.04. The fourth-order valence-corrected chi connectivity index (χ4v) is 5.61. The van der Waals surface area contributed by atoms with Crippen molar-refractivity contribution in [2.75, 3.05) is 0 Å². The van der Waals surface area contributed by atoms with Gasteiger partial charge >= 0.3 is 0 Å². The first kappa shape index (κ1) is 13.5. The van der Waals surface area contributed by atoms with Gasteiger partial charge in [-0.2, -0.15) is 0 Å². The molecular weight excluding hydrogens is 228 g/mol. The Kier molecular flexibility index (Phi) is 3.19. The fourth-order valence-electron chi connectivity index (χ4n) is 5.61. The van der Waals surface area contributed by atoms with Crippen LogP contribution in [0, 0.1) is 28.6 Å². The van der Waals surface area contributed by atoms with E-state index in [2.05, 4.69) is 39.5 Å². The van der Waals surface area contributed by atoms with Crippen molar-refractivity contribution >= 4 is 0 Å². The lowest BCUT2D eigenvalue weighted by Gasteiger charge is -2.56. The van der Waals surface area contributed by atoms with Gasteiger partial charge in [-0.05, 0) is 55.3 Å². The summed E-state index contributed by atoms with van der Waals surface area (Å²) in [5, 5.41) is 0. The van der Waals surface area contributed by atoms with E-state index in [-0.39, 0.29) is 5.41 Å². The lowest BCUT2D eigenvalue weighted by Crippen LogP contribution is -2.47. The minimum atomic E-state index is 0.273. The third-order valence-electron chi connectivity index (χ3n) is 6.85. The Labute approximate surface area is 119 Å². The van der Waals surface area contributed by atoms with E-state index in [4.69, 9.17) is 0 Å². The van der Waals surface area contributed by atoms with E-state index in [0.717, 1.165) is 17.8 Å². The molecule has 0 unspecified atom stereocenters. The maximum absolute atomic E-state index is 4.06. The SMILES string of the molecule is C=C[C@]1(C)C=C2CC[C@H]3[C@@H](C)CCC[C@]3(C)[C@H]2CC1. The highest BCUT2D eigenvalue weighted by Crippen LogP contribution is 2.60. The Morgan fingerprint density at radius 3 is 2.74 bits per heavy atom. The summed E-state index contributed by atoms with van der Waals surface area (Å²) in [5.41, 5.74) is 2.65. The van der Waals surface area contributed by atoms with Crippen molar-refractivity contribution in [3.8, 4) is 0 Å². The van der Waals surface area contributed by atoms with Gasteiger partial charge in [0.1, 0.15) is 0 Å². The van der Waals surface area contributed by atoms with Gasteiger partial charge in [0.15, 0.2) is 0 Å². The minimum Gasteiger partial charge on any atom is -0.102 e. The highest BCUT2D eigenvalue weighted by Gasteiger charge is 2.50. The molecule has 0 aromatic heterocycles. The molecule has 0 saturated heterocycles. The van der Waals surface area contributed by atoms with Crippen LogP contribution in [0.5, 0.6) is 0 Å². The summed E-state index contributed by atoms with van der Waals surface area (Å²) in [7, 11) is 0. The molecule has 19 heavy (non-hydrogen) atoms. The van der Waals surface area contributed by atoms with E-state index in [1.54, 1.807) is 5.57 Å². The van der Waals surface area contributed by atoms with Gasteiger partial charge in [-0.3, -0.25) is 0 Å². The summed E-state index contributed by atoms with van der Waals surface area (Å²) in [6.07, 6.45) is 14.7. The van der Waals surface area contributed by atoms with E-state index >= 15 is 0 Å². The van der Waals surface area contributed by atoms with Crippen LogP contribution in [-0.4, -0.2) is 0 Å². The van der Waals surface area contributed by atoms with E-state index in [1.165, 1.54) is 44.9 Å². The normalized spacial score (nSPS) is 49.8. The summed E-state index contributed by atoms with van der Waals surface area (Å²) < 4.78 is 0. The standard InChI is InChI=1S/C19H30/c1-5-18(3)12-10-17-15(13-18)8-9-16-14(2)7-6-11-19(16,17)4/h5,13-14,16-17H,1,6-12H2,2-4H3/t14-,16-,17-,18-,19-/m0/s1. The van der Waals surface area contributed by atoms with Crippen LogP contribution in [0.25, 0.3) is 0 Å². The first-order valence-corrected chi connectivity index (χ1v) is 8.34. The van der Waals surface area contributed by atoms with Crippen LogP contribution in [0.2, 0.25) is 0 Å². The molecule has 3 aliphatic carbocycles. The molecule has 106 valence electrons. The van der Waals surface area contributed by atoms with Crippen LogP contribution in [0.4, 0.5) is 0 Å². The minimum absolute atomic E-state index is 0.273. The predicted octanol–water partition coefficient (Wildman–Crippen LogP) is 5.75. The largest absolute Gasteiger partial charge is 0.102 e. The zero-order valence-corrected chi connectivity index (χ0v) is 13.0. The van der Waals surface area contributed by atoms with Crippen LogP contribution in [0.1, 0.15) is 65.7 Å². The maximum atomic E-state index is 4.06. The molecule has 2 fully saturated rings. The molecule has 3 aliphatic rings. The monoisotopic (exact) mass is 258 g/mol. The molecule has 0 heteroatoms. The molecular formula is C19H30. The molecule has 0 heterocycles. The Balaban J connectivity index is 1.94. The molecule has 0 N–H and O–H groups in total. The molecule has 0 radical (unpaired) electrons. The Hall–Kier alpha value is -0.520. The van der Waals surface area contributed by atoms with E-state index in [0.29, 0.717) is 5.41 Å². The smallest absolute Gasteiger partial charge is 0.00330 e. The van der Waals surface area contributed by atoms with Crippen LogP contribution >= 0.6 is 0 Å². The van der Waals surface area contributed by atoms with Crippen molar-refractivity contribution in [3.05, 3.63) is 24.3 Å². The van der Waals surface area contributed by atoms with Crippen molar-refractivity contribution < 1.29 is 0 Å². The summed E-state index contributed by atoms with van der Waals surface area (Å²) in [4.78, 5) is 0. The number of fused-ring (bicyclic) bond motifs is 3. The summed E-state index contributed by atoms with van der Waals surface area (Å²) in [5.74, 6) is 2.81. The number of hydrogen-bond donors (Lipinski definition) is 0. The van der Waals surface area contributed by atoms with Crippen LogP contribution in [0.3, 0.4) is 0 Å². The third kappa shape index (κ3) is 2.03. The molecule has 3 rings (SSSR count). The quantitative estimate of drug-likeness (QED) is 0.525. The highest BCUT2D eigenvalue weighted by atomic mass is 14.5. The third-order valence-corrected chi connectivity index (χ3v) is 6.85. The average Bonchev–Trinajstić information content (AvgIpc) is 2.38. The fraction of sp³-hybridized carbons (Fsp3) is 0.789. The molecule has 0 spiro atoms. The molecule has 2 saturated carbocycles. The van der Waals surface area contributed by atoms with Crippen LogP contribution < -0.4 is 0 Å². The molecule has 0 bridgehead atoms. The van der Waals surface area contributed by atoms with E-state index in [9.17, 15) is 0 Å². The van der Waals surface area contributed by atoms with Gasteiger partial charge in [0.25, 0.3) is 0 Å². The summed E-state index contributed by atoms with van der Waals surface area (Å²) in [6, 6.07) is 0. The van der Waals surface area contributed by atoms with Gasteiger partial charge in [0.2, 0.25) is 0 Å². The molecule has 0 aliphatic heterocycles. The van der Waals surface area contributed by atoms with Crippen molar-refractivity contribution in [2.24, 2.45) is 28.6 Å². The maximum Gasteiger partial charge on any atom is 0.00330 e. The number of allylic oxidation sites excluding steroid dienone is 3. The number of rotatable bonds is 1. The van der Waals surface area contributed by atoms with Crippen LogP contribution in [-0.2, 0) is 0 Å². The van der Waals surface area contributed by atoms with Crippen molar-refractivity contribution in [1.29, 1.82) is 0 Å². The zero-order chi connectivity index (χ0) is 13.7. The number of hydrogen-bond acceptors (Lipinski definition) is 0. The van der Waals surface area contributed by atoms with Gasteiger partial charge < -0.3 is 0 Å². The summed E-state index contributed by atoms with van der Waals surface area (Å²) >= 11 is 0. The molecule has 0 aromatic rings. The molecule has 5 atom stereocenters. The zero-order valence-electron chi connectivity index (χ0n) is 13.0. The van der Waals surface area contributed by atoms with Gasteiger partial charge in [-0.1, -0.05) is 51.3 Å².